The molecule has 0 radical (unpaired) electrons. The maximum absolute atomic E-state index is 16.6. The number of hydrogen-bond acceptors (Lipinski definition) is 3. The molecule has 0 atom stereocenters. The van der Waals surface area contributed by atoms with Gasteiger partial charge in [-0.1, -0.05) is 224 Å². The van der Waals surface area contributed by atoms with E-state index < -0.39 is 28.9 Å². The smallest absolute Gasteiger partial charge is 0.295 e. The molecule has 1 nitrogen and oxygen atoms in total. The van der Waals surface area contributed by atoms with Crippen LogP contribution in [0.3, 0.4) is 0 Å². The van der Waals surface area contributed by atoms with Crippen LogP contribution in [0.25, 0.3) is 54.3 Å². The van der Waals surface area contributed by atoms with Gasteiger partial charge in [0.25, 0.3) is 0 Å². The normalized spacial score (nSPS) is 15.1. The average Bonchev–Trinajstić information content (AvgIpc) is 4.24. The van der Waals surface area contributed by atoms with Crippen LogP contribution in [0.1, 0.15) is 82.7 Å². The molecule has 0 saturated carbocycles. The van der Waals surface area contributed by atoms with Crippen LogP contribution in [0.4, 0.5) is 26.3 Å². The number of thiophene rings is 2. The van der Waals surface area contributed by atoms with E-state index in [1.165, 1.54) is 32.9 Å². The number of carbonyl (C=O) groups excluding carboxylic acids is 1. The molecule has 1 aliphatic rings. The largest absolute Gasteiger partial charge is 0.380 e. The van der Waals surface area contributed by atoms with Crippen molar-refractivity contribution < 1.29 is 31.1 Å². The molecule has 396 valence electrons. The van der Waals surface area contributed by atoms with Crippen molar-refractivity contribution in [2.45, 2.75) is 51.4 Å². The summed E-state index contributed by atoms with van der Waals surface area (Å²) in [6.45, 7) is 4.55. The van der Waals surface area contributed by atoms with Gasteiger partial charge >= 0.3 is 17.8 Å². The summed E-state index contributed by atoms with van der Waals surface area (Å²) < 4.78 is 98.2. The van der Waals surface area contributed by atoms with Gasteiger partial charge in [0.1, 0.15) is 0 Å². The molecule has 9 heteroatoms. The van der Waals surface area contributed by atoms with Crippen LogP contribution in [0.15, 0.2) is 237 Å². The maximum atomic E-state index is 16.6. The van der Waals surface area contributed by atoms with Gasteiger partial charge in [0.05, 0.1) is 0 Å². The van der Waals surface area contributed by atoms with Gasteiger partial charge in [0.15, 0.2) is 5.78 Å². The van der Waals surface area contributed by atoms with E-state index in [1.54, 1.807) is 0 Å². The van der Waals surface area contributed by atoms with E-state index in [0.717, 1.165) is 89.5 Å². The summed E-state index contributed by atoms with van der Waals surface area (Å²) in [6, 6.07) is 75.8. The monoisotopic (exact) mass is 1100 g/mol. The summed E-state index contributed by atoms with van der Waals surface area (Å²) >= 11 is 2.18. The van der Waals surface area contributed by atoms with Crippen LogP contribution in [0.2, 0.25) is 0 Å². The van der Waals surface area contributed by atoms with Crippen molar-refractivity contribution in [2.75, 3.05) is 0 Å². The van der Waals surface area contributed by atoms with Crippen LogP contribution in [-0.4, -0.2) is 23.6 Å². The first-order chi connectivity index (χ1) is 38.6. The summed E-state index contributed by atoms with van der Waals surface area (Å²) in [6.07, 6.45) is 1.16. The Balaban J connectivity index is 0.977. The Bertz CT molecular complexity index is 3950. The second-order valence-corrected chi connectivity index (χ2v) is 22.6. The Morgan fingerprint density at radius 2 is 0.675 bits per heavy atom. The molecular formula is C71H52F6OS2. The second kappa shape index (κ2) is 22.0. The van der Waals surface area contributed by atoms with Crippen molar-refractivity contribution in [1.82, 2.24) is 0 Å². The van der Waals surface area contributed by atoms with E-state index in [2.05, 4.69) is 36.4 Å². The zero-order valence-corrected chi connectivity index (χ0v) is 45.6. The Labute approximate surface area is 470 Å². The quantitative estimate of drug-likeness (QED) is 0.0568. The highest BCUT2D eigenvalue weighted by Crippen LogP contribution is 2.66. The third kappa shape index (κ3) is 10.2. The Kier molecular flexibility index (Phi) is 14.8. The fourth-order valence-corrected chi connectivity index (χ4v) is 12.9. The lowest BCUT2D eigenvalue weighted by Crippen LogP contribution is -2.48. The van der Waals surface area contributed by atoms with E-state index in [1.807, 2.05) is 188 Å². The number of rotatable bonds is 15. The maximum Gasteiger partial charge on any atom is 0.380 e. The fourth-order valence-electron chi connectivity index (χ4n) is 10.8. The molecule has 2 heterocycles. The van der Waals surface area contributed by atoms with Gasteiger partial charge in [-0.2, -0.15) is 26.3 Å². The number of carbonyl (C=O) groups is 1. The van der Waals surface area contributed by atoms with Crippen molar-refractivity contribution in [3.63, 3.8) is 0 Å². The number of benzene rings is 8. The number of ketones is 1. The van der Waals surface area contributed by atoms with E-state index in [9.17, 15) is 4.79 Å². The summed E-state index contributed by atoms with van der Waals surface area (Å²) in [5.74, 6) is -16.2. The zero-order chi connectivity index (χ0) is 55.8. The lowest BCUT2D eigenvalue weighted by atomic mass is 9.86. The minimum Gasteiger partial charge on any atom is -0.295 e. The number of halogens is 6. The minimum absolute atomic E-state index is 0.0252. The second-order valence-electron chi connectivity index (χ2n) is 20.1. The fraction of sp³-hybridized carbons (Fsp3) is 0.113. The standard InChI is InChI=1S/C71H52F6OS2/c1-45(78)50-31-29-49(30-32-50)42-62(52-23-13-6-14-24-52)66(56-27-17-8-18-28-56)58-39-35-54(36-40-58)64-44-60(47(3)80-64)68-67(69(72,73)71(76,77)70(68,74)75)59-43-63(79-46(59)2)53-33-37-57(38-34-53)65(55-25-15-7-16-26-55)61(51-21-11-5-12-22-51)41-48-19-9-4-10-20-48/h4-40,43-44H,41-42H2,1-3H3/b65-61-,66-62-. The van der Waals surface area contributed by atoms with Crippen LogP contribution in [0.5, 0.6) is 0 Å². The number of allylic oxidation sites excluding steroid dienone is 4. The van der Waals surface area contributed by atoms with E-state index in [-0.39, 0.29) is 26.7 Å². The van der Waals surface area contributed by atoms with Crippen molar-refractivity contribution in [2.24, 2.45) is 0 Å². The molecule has 8 aromatic carbocycles. The van der Waals surface area contributed by atoms with Crippen molar-refractivity contribution in [1.29, 1.82) is 0 Å². The summed E-state index contributed by atoms with van der Waals surface area (Å²) in [5.41, 5.74) is 10.3. The van der Waals surface area contributed by atoms with Crippen LogP contribution < -0.4 is 0 Å². The number of alkyl halides is 6. The summed E-state index contributed by atoms with van der Waals surface area (Å²) in [5, 5.41) is 0. The molecule has 11 rings (SSSR count). The lowest BCUT2D eigenvalue weighted by molar-refractivity contribution is -0.254. The van der Waals surface area contributed by atoms with E-state index >= 15 is 26.3 Å². The molecule has 0 saturated heterocycles. The molecule has 80 heavy (non-hydrogen) atoms. The molecule has 0 unspecified atom stereocenters. The Morgan fingerprint density at radius 1 is 0.375 bits per heavy atom. The predicted molar refractivity (Wildman–Crippen MR) is 319 cm³/mol. The molecule has 1 aliphatic carbocycles. The predicted octanol–water partition coefficient (Wildman–Crippen LogP) is 20.2. The van der Waals surface area contributed by atoms with Gasteiger partial charge in [0, 0.05) is 36.2 Å². The third-order valence-electron chi connectivity index (χ3n) is 14.9. The SMILES string of the molecule is CC(=O)c1ccc(C/C(=C(\c2ccccc2)c2ccc(-c3cc(C4=C(c5cc(-c6ccc(/C(=C(/Cc7ccccc7)c7ccccc7)c7ccccc7)cc6)sc5C)C(F)(F)C(F)(F)C4(F)F)c(C)s3)cc2)c2ccccc2)cc1. The van der Waals surface area contributed by atoms with Crippen LogP contribution in [0, 0.1) is 13.8 Å². The highest BCUT2D eigenvalue weighted by Gasteiger charge is 2.80. The number of hydrogen-bond donors (Lipinski definition) is 0. The molecular weight excluding hydrogens is 1050 g/mol. The van der Waals surface area contributed by atoms with Gasteiger partial charge in [-0.25, -0.2) is 0 Å². The summed E-state index contributed by atoms with van der Waals surface area (Å²) in [7, 11) is 0. The first kappa shape index (κ1) is 53.6. The third-order valence-corrected chi connectivity index (χ3v) is 17.1. The molecule has 10 aromatic rings. The number of aryl methyl sites for hydroxylation is 2. The summed E-state index contributed by atoms with van der Waals surface area (Å²) in [4.78, 5) is 13.5. The van der Waals surface area contributed by atoms with Gasteiger partial charge in [-0.05, 0) is 135 Å². The van der Waals surface area contributed by atoms with Gasteiger partial charge in [0.2, 0.25) is 0 Å². The minimum atomic E-state index is -5.72. The highest BCUT2D eigenvalue weighted by molar-refractivity contribution is 7.16. The topological polar surface area (TPSA) is 17.1 Å². The van der Waals surface area contributed by atoms with Crippen LogP contribution >= 0.6 is 22.7 Å². The van der Waals surface area contributed by atoms with Gasteiger partial charge < -0.3 is 0 Å². The first-order valence-electron chi connectivity index (χ1n) is 26.2. The molecule has 0 N–H and O–H groups in total. The van der Waals surface area contributed by atoms with Crippen LogP contribution in [-0.2, 0) is 12.8 Å². The highest BCUT2D eigenvalue weighted by atomic mass is 32.1. The van der Waals surface area contributed by atoms with Gasteiger partial charge in [-0.15, -0.1) is 22.7 Å². The van der Waals surface area contributed by atoms with Crippen molar-refractivity contribution in [3.8, 4) is 20.9 Å². The number of Topliss-reactive ketones (excluding diaryl/α,β-unsaturated/α-hetero) is 1. The van der Waals surface area contributed by atoms with Gasteiger partial charge in [-0.3, -0.25) is 4.79 Å². The van der Waals surface area contributed by atoms with Crippen molar-refractivity contribution in [3.05, 3.63) is 308 Å². The Hall–Kier alpha value is -8.37. The van der Waals surface area contributed by atoms with Crippen molar-refractivity contribution >= 4 is 61.9 Å². The lowest BCUT2D eigenvalue weighted by Gasteiger charge is -2.25. The van der Waals surface area contributed by atoms with E-state index in [4.69, 9.17) is 0 Å². The molecule has 2 aromatic heterocycles. The zero-order valence-electron chi connectivity index (χ0n) is 43.9. The molecule has 0 fully saturated rings. The molecule has 0 bridgehead atoms. The first-order valence-corrected chi connectivity index (χ1v) is 27.9. The molecule has 0 aliphatic heterocycles. The molecule has 0 amide bonds. The molecule has 0 spiro atoms. The average molecular weight is 1100 g/mol. The Morgan fingerprint density at radius 3 is 1.02 bits per heavy atom. The van der Waals surface area contributed by atoms with E-state index in [0.29, 0.717) is 39.3 Å².